The Morgan fingerprint density at radius 3 is 1.98 bits per heavy atom. The SMILES string of the molecule is CCCc1ccccc1N(CCSc1ccccc1)c1ccc2c(-c3ccccc3S(=O)(=O)O)c3ccc(=[N+](CCSc4ccccc4)c4ccccc4CCC)cc-3oc2c1. The smallest absolute Gasteiger partial charge is 0.295 e. The highest BCUT2D eigenvalue weighted by Gasteiger charge is 2.26. The molecule has 6 aromatic rings. The van der Waals surface area contributed by atoms with E-state index in [1.807, 2.05) is 53.9 Å². The fourth-order valence-electron chi connectivity index (χ4n) is 8.22. The van der Waals surface area contributed by atoms with Gasteiger partial charge in [0, 0.05) is 79.3 Å². The molecule has 9 heteroatoms. The van der Waals surface area contributed by atoms with Crippen molar-refractivity contribution in [3.63, 3.8) is 0 Å². The first-order chi connectivity index (χ1) is 30.3. The highest BCUT2D eigenvalue weighted by atomic mass is 32.2. The summed E-state index contributed by atoms with van der Waals surface area (Å²) in [6, 6.07) is 57.3. The molecule has 0 spiro atoms. The van der Waals surface area contributed by atoms with Crippen LogP contribution in [-0.4, -0.2) is 37.6 Å². The zero-order valence-electron chi connectivity index (χ0n) is 35.1. The Kier molecular flexibility index (Phi) is 14.0. The van der Waals surface area contributed by atoms with Gasteiger partial charge in [-0.15, -0.1) is 23.5 Å². The Morgan fingerprint density at radius 2 is 1.26 bits per heavy atom. The summed E-state index contributed by atoms with van der Waals surface area (Å²) in [5.74, 6) is 2.32. The van der Waals surface area contributed by atoms with Crippen molar-refractivity contribution < 1.29 is 17.4 Å². The number of benzene rings is 7. The molecule has 0 radical (unpaired) electrons. The fraction of sp³-hybridized carbons (Fsp3) is 0.189. The van der Waals surface area contributed by atoms with E-state index in [0.717, 1.165) is 83.6 Å². The predicted octanol–water partition coefficient (Wildman–Crippen LogP) is 13.2. The number of thioether (sulfide) groups is 2. The van der Waals surface area contributed by atoms with E-state index in [4.69, 9.17) is 4.42 Å². The first-order valence-corrected chi connectivity index (χ1v) is 24.7. The Hall–Kier alpha value is -5.58. The van der Waals surface area contributed by atoms with E-state index in [0.29, 0.717) is 22.5 Å². The molecular formula is C53H51N2O4S3+. The standard InChI is InChI=1S/C53H50N2O4S3/c1-3-17-39-19-11-14-26-48(39)54(33-35-60-43-21-7-5-8-22-43)41-29-31-45-50(37-41)59-51-38-42(30-32-46(51)53(45)47-25-13-16-28-52(47)62(56,57)58)55(34-36-61-44-23-9-6-10-24-44)49-27-15-12-20-40(49)18-4-2/h5-16,19-32,37-38H,3-4,17-18,33-36H2,1-2H3/p+1. The van der Waals surface area contributed by atoms with Crippen LogP contribution in [0.1, 0.15) is 37.8 Å². The first-order valence-electron chi connectivity index (χ1n) is 21.3. The van der Waals surface area contributed by atoms with Gasteiger partial charge in [-0.25, -0.2) is 0 Å². The number of rotatable bonds is 17. The van der Waals surface area contributed by atoms with E-state index in [1.54, 1.807) is 12.1 Å². The molecule has 1 N–H and O–H groups in total. The van der Waals surface area contributed by atoms with Crippen molar-refractivity contribution in [2.45, 2.75) is 54.2 Å². The van der Waals surface area contributed by atoms with Gasteiger partial charge >= 0.3 is 0 Å². The van der Waals surface area contributed by atoms with Crippen LogP contribution in [0, 0.1) is 0 Å². The molecule has 0 saturated heterocycles. The van der Waals surface area contributed by atoms with Crippen molar-refractivity contribution >= 4 is 61.7 Å². The van der Waals surface area contributed by atoms with E-state index < -0.39 is 10.1 Å². The zero-order valence-corrected chi connectivity index (χ0v) is 37.6. The van der Waals surface area contributed by atoms with Gasteiger partial charge in [0.15, 0.2) is 6.54 Å². The van der Waals surface area contributed by atoms with E-state index in [-0.39, 0.29) is 4.90 Å². The quantitative estimate of drug-likeness (QED) is 0.0423. The van der Waals surface area contributed by atoms with Gasteiger partial charge < -0.3 is 9.32 Å². The van der Waals surface area contributed by atoms with Crippen molar-refractivity contribution in [3.8, 4) is 22.5 Å². The van der Waals surface area contributed by atoms with E-state index in [9.17, 15) is 13.0 Å². The minimum Gasteiger partial charge on any atom is -0.456 e. The summed E-state index contributed by atoms with van der Waals surface area (Å²) in [5, 5.41) is 1.71. The summed E-state index contributed by atoms with van der Waals surface area (Å²) in [4.78, 5) is 4.66. The maximum absolute atomic E-state index is 13.0. The van der Waals surface area contributed by atoms with Crippen LogP contribution < -0.4 is 14.8 Å². The summed E-state index contributed by atoms with van der Waals surface area (Å²) in [7, 11) is -4.57. The average Bonchev–Trinajstić information content (AvgIpc) is 3.29. The molecule has 0 unspecified atom stereocenters. The maximum atomic E-state index is 13.0. The van der Waals surface area contributed by atoms with Gasteiger partial charge in [0.1, 0.15) is 16.2 Å². The molecule has 1 aliphatic carbocycles. The molecule has 0 amide bonds. The number of fused-ring (bicyclic) bond motifs is 2. The molecule has 314 valence electrons. The Labute approximate surface area is 374 Å². The van der Waals surface area contributed by atoms with Gasteiger partial charge in [-0.05, 0) is 73.0 Å². The lowest BCUT2D eigenvalue weighted by Crippen LogP contribution is -2.28. The number of hydrogen-bond acceptors (Lipinski definition) is 6. The van der Waals surface area contributed by atoms with Gasteiger partial charge in [0.2, 0.25) is 11.0 Å². The first kappa shape index (κ1) is 43.1. The highest BCUT2D eigenvalue weighted by molar-refractivity contribution is 7.99. The van der Waals surface area contributed by atoms with Crippen molar-refractivity contribution in [2.24, 2.45) is 0 Å². The molecular weight excluding hydrogens is 825 g/mol. The van der Waals surface area contributed by atoms with Gasteiger partial charge in [-0.1, -0.05) is 118 Å². The number of para-hydroxylation sites is 2. The molecule has 0 atom stereocenters. The number of anilines is 2. The lowest BCUT2D eigenvalue weighted by atomic mass is 9.93. The molecule has 0 saturated carbocycles. The topological polar surface area (TPSA) is 73.8 Å². The van der Waals surface area contributed by atoms with Crippen LogP contribution in [0.25, 0.3) is 33.4 Å². The Balaban J connectivity index is 1.34. The number of nitrogens with zero attached hydrogens (tertiary/aromatic N) is 2. The van der Waals surface area contributed by atoms with Gasteiger partial charge in [-0.3, -0.25) is 4.55 Å². The number of hydrogen-bond donors (Lipinski definition) is 1. The summed E-state index contributed by atoms with van der Waals surface area (Å²) in [5.41, 5.74) is 8.27. The molecule has 0 fully saturated rings. The minimum absolute atomic E-state index is 0.150. The Morgan fingerprint density at radius 1 is 0.629 bits per heavy atom. The summed E-state index contributed by atoms with van der Waals surface area (Å²) in [6.07, 6.45) is 3.93. The van der Waals surface area contributed by atoms with Crippen LogP contribution in [0.2, 0.25) is 0 Å². The Bertz CT molecular complexity index is 2930. The summed E-state index contributed by atoms with van der Waals surface area (Å²) >= 11 is 3.65. The second-order valence-electron chi connectivity index (χ2n) is 15.2. The molecule has 1 heterocycles. The van der Waals surface area contributed by atoms with Crippen LogP contribution in [0.4, 0.5) is 17.1 Å². The number of aryl methyl sites for hydroxylation is 2. The van der Waals surface area contributed by atoms with Gasteiger partial charge in [0.25, 0.3) is 10.1 Å². The second kappa shape index (κ2) is 20.1. The normalized spacial score (nSPS) is 12.2. The predicted molar refractivity (Wildman–Crippen MR) is 260 cm³/mol. The molecule has 6 aromatic carbocycles. The van der Waals surface area contributed by atoms with Gasteiger partial charge in [-0.2, -0.15) is 13.0 Å². The summed E-state index contributed by atoms with van der Waals surface area (Å²) < 4.78 is 45.9. The fourth-order valence-corrected chi connectivity index (χ4v) is 10.6. The van der Waals surface area contributed by atoms with Crippen molar-refractivity contribution in [1.82, 2.24) is 4.58 Å². The lowest BCUT2D eigenvalue weighted by molar-refractivity contribution is 0.483. The minimum atomic E-state index is -4.57. The van der Waals surface area contributed by atoms with Crippen LogP contribution in [0.5, 0.6) is 0 Å². The van der Waals surface area contributed by atoms with Crippen molar-refractivity contribution in [1.29, 1.82) is 0 Å². The molecule has 2 aliphatic rings. The largest absolute Gasteiger partial charge is 0.456 e. The van der Waals surface area contributed by atoms with Crippen LogP contribution in [-0.2, 0) is 23.0 Å². The third-order valence-electron chi connectivity index (χ3n) is 11.0. The maximum Gasteiger partial charge on any atom is 0.295 e. The van der Waals surface area contributed by atoms with E-state index in [1.165, 1.54) is 27.0 Å². The molecule has 1 aliphatic heterocycles. The molecule has 0 bridgehead atoms. The van der Waals surface area contributed by atoms with Crippen molar-refractivity contribution in [3.05, 3.63) is 186 Å². The molecule has 6 nitrogen and oxygen atoms in total. The van der Waals surface area contributed by atoms with E-state index >= 15 is 0 Å². The summed E-state index contributed by atoms with van der Waals surface area (Å²) in [6.45, 7) is 5.90. The molecule has 62 heavy (non-hydrogen) atoms. The van der Waals surface area contributed by atoms with Crippen LogP contribution in [0.3, 0.4) is 0 Å². The lowest BCUT2D eigenvalue weighted by Gasteiger charge is -2.28. The van der Waals surface area contributed by atoms with Crippen LogP contribution in [0.15, 0.2) is 189 Å². The van der Waals surface area contributed by atoms with Crippen molar-refractivity contribution in [2.75, 3.05) is 29.5 Å². The molecule has 0 aromatic heterocycles. The second-order valence-corrected chi connectivity index (χ2v) is 18.9. The highest BCUT2D eigenvalue weighted by Crippen LogP contribution is 2.44. The zero-order chi connectivity index (χ0) is 42.9. The van der Waals surface area contributed by atoms with Gasteiger partial charge in [0.05, 0.1) is 11.8 Å². The third kappa shape index (κ3) is 9.87. The average molecular weight is 876 g/mol. The van der Waals surface area contributed by atoms with E-state index in [2.05, 4.69) is 145 Å². The molecule has 8 rings (SSSR count). The van der Waals surface area contributed by atoms with Crippen LogP contribution >= 0.6 is 23.5 Å². The monoisotopic (exact) mass is 875 g/mol. The third-order valence-corrected chi connectivity index (χ3v) is 13.9.